The van der Waals surface area contributed by atoms with Crippen LogP contribution >= 0.6 is 0 Å². The minimum Gasteiger partial charge on any atom is -0.452 e. The van der Waals surface area contributed by atoms with Gasteiger partial charge in [0.25, 0.3) is 0 Å². The lowest BCUT2D eigenvalue weighted by Gasteiger charge is -2.46. The lowest BCUT2D eigenvalue weighted by atomic mass is 9.97. The Morgan fingerprint density at radius 3 is 1.21 bits per heavy atom. The van der Waals surface area contributed by atoms with E-state index >= 15 is 0 Å². The molecule has 13 heteroatoms. The van der Waals surface area contributed by atoms with Gasteiger partial charge in [0.05, 0.1) is 49.2 Å². The first-order valence-corrected chi connectivity index (χ1v) is 22.2. The fraction of sp³-hybridized carbons (Fsp3) is 0.278. The Labute approximate surface area is 389 Å². The van der Waals surface area contributed by atoms with E-state index in [1.54, 1.807) is 78.9 Å². The van der Waals surface area contributed by atoms with Gasteiger partial charge in [0.2, 0.25) is 0 Å². The Kier molecular flexibility index (Phi) is 16.3. The number of aliphatic hydroxyl groups is 1. The number of esters is 3. The Balaban J connectivity index is 1.12. The van der Waals surface area contributed by atoms with Crippen LogP contribution in [0.3, 0.4) is 0 Å². The molecular weight excluding hydrogens is 857 g/mol. The van der Waals surface area contributed by atoms with Gasteiger partial charge in [-0.1, -0.05) is 146 Å². The van der Waals surface area contributed by atoms with Gasteiger partial charge in [-0.3, -0.25) is 0 Å². The zero-order valence-corrected chi connectivity index (χ0v) is 36.8. The number of ether oxygens (including phenoxy) is 9. The fourth-order valence-corrected chi connectivity index (χ4v) is 7.92. The van der Waals surface area contributed by atoms with E-state index in [1.165, 1.54) is 12.1 Å². The van der Waals surface area contributed by atoms with E-state index in [0.717, 1.165) is 16.7 Å². The minimum absolute atomic E-state index is 0.154. The number of carbonyl (C=O) groups is 3. The van der Waals surface area contributed by atoms with Crippen molar-refractivity contribution in [3.05, 3.63) is 215 Å². The molecule has 0 radical (unpaired) electrons. The molecule has 6 aromatic rings. The summed E-state index contributed by atoms with van der Waals surface area (Å²) in [7, 11) is 0. The average Bonchev–Trinajstić information content (AvgIpc) is 3.37. The van der Waals surface area contributed by atoms with E-state index in [4.69, 9.17) is 42.6 Å². The first-order chi connectivity index (χ1) is 32.8. The topological polar surface area (TPSA) is 155 Å². The van der Waals surface area contributed by atoms with Crippen LogP contribution in [0.2, 0.25) is 0 Å². The highest BCUT2D eigenvalue weighted by Crippen LogP contribution is 2.34. The number of benzene rings is 6. The molecule has 10 atom stereocenters. The van der Waals surface area contributed by atoms with Gasteiger partial charge in [-0.25, -0.2) is 14.4 Å². The molecular formula is C54H52O13. The lowest BCUT2D eigenvalue weighted by molar-refractivity contribution is -0.336. The van der Waals surface area contributed by atoms with Crippen molar-refractivity contribution in [1.29, 1.82) is 0 Å². The maximum Gasteiger partial charge on any atom is 0.338 e. The van der Waals surface area contributed by atoms with E-state index in [-0.39, 0.29) is 36.5 Å². The minimum atomic E-state index is -1.89. The number of hydrogen-bond donors (Lipinski definition) is 1. The third-order valence-electron chi connectivity index (χ3n) is 11.4. The predicted octanol–water partition coefficient (Wildman–Crippen LogP) is 7.90. The molecule has 13 nitrogen and oxygen atoms in total. The summed E-state index contributed by atoms with van der Waals surface area (Å²) >= 11 is 0. The Morgan fingerprint density at radius 2 is 0.776 bits per heavy atom. The number of aliphatic hydroxyl groups excluding tert-OH is 1. The van der Waals surface area contributed by atoms with Crippen molar-refractivity contribution >= 4 is 17.9 Å². The number of rotatable bonds is 18. The zero-order chi connectivity index (χ0) is 46.4. The molecule has 346 valence electrons. The van der Waals surface area contributed by atoms with Gasteiger partial charge in [-0.15, -0.1) is 0 Å². The highest BCUT2D eigenvalue weighted by molar-refractivity contribution is 5.91. The van der Waals surface area contributed by atoms with Crippen LogP contribution in [0.25, 0.3) is 0 Å². The molecule has 67 heavy (non-hydrogen) atoms. The van der Waals surface area contributed by atoms with E-state index in [9.17, 15) is 19.5 Å². The van der Waals surface area contributed by atoms with Crippen LogP contribution in [0.4, 0.5) is 0 Å². The van der Waals surface area contributed by atoms with Gasteiger partial charge in [0.15, 0.2) is 30.9 Å². The first kappa shape index (κ1) is 47.0. The molecule has 2 heterocycles. The van der Waals surface area contributed by atoms with Crippen molar-refractivity contribution in [3.8, 4) is 0 Å². The van der Waals surface area contributed by atoms with Crippen LogP contribution in [-0.2, 0) is 62.5 Å². The summed E-state index contributed by atoms with van der Waals surface area (Å²) < 4.78 is 57.5. The fourth-order valence-electron chi connectivity index (χ4n) is 7.92. The van der Waals surface area contributed by atoms with Gasteiger partial charge in [0, 0.05) is 0 Å². The van der Waals surface area contributed by atoms with Crippen LogP contribution < -0.4 is 0 Å². The van der Waals surface area contributed by atoms with Crippen molar-refractivity contribution in [1.82, 2.24) is 0 Å². The summed E-state index contributed by atoms with van der Waals surface area (Å²) in [5.41, 5.74) is 3.26. The molecule has 2 aliphatic heterocycles. The van der Waals surface area contributed by atoms with E-state index in [2.05, 4.69) is 0 Å². The Morgan fingerprint density at radius 1 is 0.418 bits per heavy atom. The van der Waals surface area contributed by atoms with E-state index in [0.29, 0.717) is 0 Å². The highest BCUT2D eigenvalue weighted by atomic mass is 16.7. The van der Waals surface area contributed by atoms with Crippen LogP contribution in [0.1, 0.15) is 54.7 Å². The quantitative estimate of drug-likeness (QED) is 0.0657. The maximum atomic E-state index is 13.9. The van der Waals surface area contributed by atoms with Crippen molar-refractivity contribution in [3.63, 3.8) is 0 Å². The van der Waals surface area contributed by atoms with Crippen LogP contribution in [0, 0.1) is 0 Å². The van der Waals surface area contributed by atoms with Crippen LogP contribution in [-0.4, -0.2) is 91.0 Å². The summed E-state index contributed by atoms with van der Waals surface area (Å²) in [5, 5.41) is 11.7. The zero-order valence-electron chi connectivity index (χ0n) is 36.8. The second-order valence-corrected chi connectivity index (χ2v) is 16.1. The van der Waals surface area contributed by atoms with Gasteiger partial charge >= 0.3 is 17.9 Å². The molecule has 2 fully saturated rings. The van der Waals surface area contributed by atoms with Crippen molar-refractivity contribution in [2.75, 3.05) is 6.61 Å². The van der Waals surface area contributed by atoms with Crippen molar-refractivity contribution in [2.24, 2.45) is 0 Å². The molecule has 0 aliphatic carbocycles. The van der Waals surface area contributed by atoms with Crippen molar-refractivity contribution < 1.29 is 62.1 Å². The molecule has 2 saturated heterocycles. The predicted molar refractivity (Wildman–Crippen MR) is 243 cm³/mol. The summed E-state index contributed by atoms with van der Waals surface area (Å²) in [6, 6.07) is 53.5. The average molecular weight is 909 g/mol. The molecule has 8 rings (SSSR count). The number of carbonyl (C=O) groups excluding carboxylic acids is 3. The third-order valence-corrected chi connectivity index (χ3v) is 11.4. The van der Waals surface area contributed by atoms with Crippen LogP contribution in [0.5, 0.6) is 0 Å². The Hall–Kier alpha value is -6.55. The molecule has 0 spiro atoms. The largest absolute Gasteiger partial charge is 0.452 e. The SMILES string of the molecule is C[C@H]1O[C@@H](OC[C@H]2O[C@H](O)[C@H](OC(=O)c3ccccc3)[C@@H](OC(=O)c3ccccc3)[C@@H]2OC(=O)c2ccccc2)[C@H](OCc2ccccc2)[C@@H](OCc2ccccc2)[C@@H]1OCc1ccccc1. The molecule has 0 bridgehead atoms. The first-order valence-electron chi connectivity index (χ1n) is 22.2. The molecule has 1 N–H and O–H groups in total. The highest BCUT2D eigenvalue weighted by Gasteiger charge is 2.54. The second kappa shape index (κ2) is 23.3. The molecule has 0 saturated carbocycles. The second-order valence-electron chi connectivity index (χ2n) is 16.1. The Bertz CT molecular complexity index is 2450. The van der Waals surface area contributed by atoms with E-state index in [1.807, 2.05) is 97.9 Å². The summed E-state index contributed by atoms with van der Waals surface area (Å²) in [5.74, 6) is -2.48. The number of hydrogen-bond acceptors (Lipinski definition) is 13. The summed E-state index contributed by atoms with van der Waals surface area (Å²) in [4.78, 5) is 41.4. The molecule has 0 amide bonds. The smallest absolute Gasteiger partial charge is 0.338 e. The van der Waals surface area contributed by atoms with Gasteiger partial charge in [-0.05, 0) is 60.0 Å². The summed E-state index contributed by atoms with van der Waals surface area (Å²) in [6.07, 6.45) is -12.1. The molecule has 6 aromatic carbocycles. The molecule has 0 aromatic heterocycles. The third kappa shape index (κ3) is 12.5. The van der Waals surface area contributed by atoms with Gasteiger partial charge in [-0.2, -0.15) is 0 Å². The van der Waals surface area contributed by atoms with Gasteiger partial charge in [0.1, 0.15) is 24.4 Å². The monoisotopic (exact) mass is 908 g/mol. The standard InChI is InChI=1S/C54H52O13/c1-36-44(59-32-37-20-8-2-9-21-37)46(60-33-38-22-10-3-11-23-38)49(61-34-39-24-12-4-13-25-39)54(63-36)62-35-43-45(65-50(55)40-26-14-5-15-27-40)47(66-51(56)41-28-16-6-17-29-41)48(53(58)64-43)67-52(57)42-30-18-7-19-31-42/h2-31,36,43-49,53-54,58H,32-35H2,1H3/t36-,43-,44-,45-,46+,47+,48-,49-,53+,54-/m1/s1. The maximum absolute atomic E-state index is 13.9. The summed E-state index contributed by atoms with van der Waals surface area (Å²) in [6.45, 7) is 2.08. The van der Waals surface area contributed by atoms with E-state index < -0.39 is 85.9 Å². The van der Waals surface area contributed by atoms with Crippen molar-refractivity contribution in [2.45, 2.75) is 88.2 Å². The molecule has 2 aliphatic rings. The lowest BCUT2D eigenvalue weighted by Crippen LogP contribution is -2.63. The normalized spacial score (nSPS) is 24.8. The van der Waals surface area contributed by atoms with Gasteiger partial charge < -0.3 is 47.7 Å². The molecule has 0 unspecified atom stereocenters. The van der Waals surface area contributed by atoms with Crippen LogP contribution in [0.15, 0.2) is 182 Å².